The van der Waals surface area contributed by atoms with Crippen LogP contribution in [0.3, 0.4) is 0 Å². The molecule has 0 spiro atoms. The molecule has 12 heavy (non-hydrogen) atoms. The van der Waals surface area contributed by atoms with E-state index in [4.69, 9.17) is 11.0 Å². The van der Waals surface area contributed by atoms with E-state index in [0.29, 0.717) is 5.92 Å². The number of nitrogens with two attached hydrogens (primary N) is 1. The number of fused-ring (bicyclic) bond motifs is 1. The number of hydrogen-bond acceptors (Lipinski definition) is 3. The molecule has 0 aromatic rings. The Hall–Kier alpha value is -0.720. The molecule has 1 heterocycles. The summed E-state index contributed by atoms with van der Waals surface area (Å²) in [6.45, 7) is 0. The quantitative estimate of drug-likeness (QED) is 0.615. The van der Waals surface area contributed by atoms with Gasteiger partial charge >= 0.3 is 0 Å². The molecule has 0 aromatic carbocycles. The van der Waals surface area contributed by atoms with Gasteiger partial charge in [0.05, 0.1) is 11.4 Å². The Bertz CT molecular complexity index is 298. The topological polar surface area (TPSA) is 49.8 Å². The average molecular weight is 178 g/mol. The third-order valence-corrected chi connectivity index (χ3v) is 3.50. The van der Waals surface area contributed by atoms with Crippen molar-refractivity contribution in [3.63, 3.8) is 0 Å². The molecule has 0 saturated carbocycles. The van der Waals surface area contributed by atoms with Gasteiger partial charge < -0.3 is 5.73 Å². The van der Waals surface area contributed by atoms with Crippen molar-refractivity contribution in [2.75, 3.05) is 0 Å². The van der Waals surface area contributed by atoms with Crippen LogP contribution >= 0.6 is 11.8 Å². The Kier molecular flexibility index (Phi) is 1.95. The SMILES string of the molecule is N#CC1=CC=C2SC(N)CC2C1. The normalized spacial score (nSPS) is 33.3. The summed E-state index contributed by atoms with van der Waals surface area (Å²) in [6.07, 6.45) is 5.87. The van der Waals surface area contributed by atoms with E-state index in [2.05, 4.69) is 6.07 Å². The van der Waals surface area contributed by atoms with Gasteiger partial charge in [-0.1, -0.05) is 6.08 Å². The predicted octanol–water partition coefficient (Wildman–Crippen LogP) is 1.76. The van der Waals surface area contributed by atoms with Crippen molar-refractivity contribution in [3.05, 3.63) is 22.6 Å². The summed E-state index contributed by atoms with van der Waals surface area (Å²) >= 11 is 1.75. The van der Waals surface area contributed by atoms with Crippen LogP contribution in [-0.2, 0) is 0 Å². The molecule has 1 aliphatic heterocycles. The van der Waals surface area contributed by atoms with Gasteiger partial charge in [-0.25, -0.2) is 0 Å². The zero-order valence-corrected chi connectivity index (χ0v) is 7.47. The monoisotopic (exact) mass is 178 g/mol. The Labute approximate surface area is 76.1 Å². The van der Waals surface area contributed by atoms with Crippen molar-refractivity contribution in [2.24, 2.45) is 11.7 Å². The summed E-state index contributed by atoms with van der Waals surface area (Å²) in [6, 6.07) is 2.20. The van der Waals surface area contributed by atoms with Gasteiger partial charge in [0.2, 0.25) is 0 Å². The van der Waals surface area contributed by atoms with Gasteiger partial charge in [-0.2, -0.15) is 5.26 Å². The molecule has 3 heteroatoms. The molecule has 62 valence electrons. The Morgan fingerprint density at radius 3 is 3.17 bits per heavy atom. The second kappa shape index (κ2) is 2.96. The van der Waals surface area contributed by atoms with E-state index in [9.17, 15) is 0 Å². The number of rotatable bonds is 0. The second-order valence-electron chi connectivity index (χ2n) is 3.17. The summed E-state index contributed by atoms with van der Waals surface area (Å²) in [5.41, 5.74) is 6.68. The van der Waals surface area contributed by atoms with E-state index in [1.54, 1.807) is 11.8 Å². The molecule has 0 radical (unpaired) electrons. The van der Waals surface area contributed by atoms with Gasteiger partial charge in [-0.15, -0.1) is 11.8 Å². The van der Waals surface area contributed by atoms with E-state index in [1.807, 2.05) is 12.2 Å². The fourth-order valence-electron chi connectivity index (χ4n) is 1.67. The molecule has 0 aromatic heterocycles. The first-order chi connectivity index (χ1) is 5.79. The van der Waals surface area contributed by atoms with Crippen LogP contribution in [0.25, 0.3) is 0 Å². The number of hydrogen-bond donors (Lipinski definition) is 1. The maximum absolute atomic E-state index is 8.69. The summed E-state index contributed by atoms with van der Waals surface area (Å²) in [4.78, 5) is 1.36. The number of thioether (sulfide) groups is 1. The number of allylic oxidation sites excluding steroid dienone is 4. The van der Waals surface area contributed by atoms with Crippen LogP contribution in [0.4, 0.5) is 0 Å². The van der Waals surface area contributed by atoms with Gasteiger partial charge in [0.15, 0.2) is 0 Å². The third-order valence-electron chi connectivity index (χ3n) is 2.27. The molecule has 2 unspecified atom stereocenters. The van der Waals surface area contributed by atoms with Crippen LogP contribution in [0.1, 0.15) is 12.8 Å². The lowest BCUT2D eigenvalue weighted by atomic mass is 9.92. The highest BCUT2D eigenvalue weighted by molar-refractivity contribution is 8.03. The van der Waals surface area contributed by atoms with Crippen LogP contribution in [0, 0.1) is 17.2 Å². The summed E-state index contributed by atoms with van der Waals surface area (Å²) < 4.78 is 0. The standard InChI is InChI=1S/C9H10N2S/c10-5-6-1-2-8-7(3-6)4-9(11)12-8/h1-2,7,9H,3-4,11H2. The Balaban J connectivity index is 2.19. The molecule has 1 saturated heterocycles. The Morgan fingerprint density at radius 1 is 1.58 bits per heavy atom. The molecule has 2 atom stereocenters. The molecular weight excluding hydrogens is 168 g/mol. The maximum Gasteiger partial charge on any atom is 0.0947 e. The van der Waals surface area contributed by atoms with Gasteiger partial charge in [0.25, 0.3) is 0 Å². The molecule has 0 amide bonds. The van der Waals surface area contributed by atoms with Crippen molar-refractivity contribution in [2.45, 2.75) is 18.2 Å². The van der Waals surface area contributed by atoms with Gasteiger partial charge in [-0.05, 0) is 29.7 Å². The van der Waals surface area contributed by atoms with Crippen molar-refractivity contribution in [1.29, 1.82) is 5.26 Å². The van der Waals surface area contributed by atoms with Crippen LogP contribution < -0.4 is 5.73 Å². The molecular formula is C9H10N2S. The minimum absolute atomic E-state index is 0.243. The lowest BCUT2D eigenvalue weighted by Crippen LogP contribution is -2.12. The van der Waals surface area contributed by atoms with E-state index < -0.39 is 0 Å². The number of nitrogens with zero attached hydrogens (tertiary/aromatic N) is 1. The van der Waals surface area contributed by atoms with E-state index in [1.165, 1.54) is 4.91 Å². The molecule has 2 aliphatic rings. The van der Waals surface area contributed by atoms with Crippen molar-refractivity contribution < 1.29 is 0 Å². The highest BCUT2D eigenvalue weighted by atomic mass is 32.2. The molecule has 2 rings (SSSR count). The largest absolute Gasteiger partial charge is 0.319 e. The van der Waals surface area contributed by atoms with Crippen LogP contribution in [0.5, 0.6) is 0 Å². The molecule has 0 bridgehead atoms. The van der Waals surface area contributed by atoms with Crippen LogP contribution in [-0.4, -0.2) is 5.37 Å². The first-order valence-electron chi connectivity index (χ1n) is 4.02. The lowest BCUT2D eigenvalue weighted by molar-refractivity contribution is 0.591. The Morgan fingerprint density at radius 2 is 2.42 bits per heavy atom. The van der Waals surface area contributed by atoms with E-state index in [0.717, 1.165) is 18.4 Å². The van der Waals surface area contributed by atoms with Gasteiger partial charge in [0, 0.05) is 5.57 Å². The molecule has 2 N–H and O–H groups in total. The summed E-state index contributed by atoms with van der Waals surface area (Å²) in [5, 5.41) is 8.93. The maximum atomic E-state index is 8.69. The van der Waals surface area contributed by atoms with Crippen molar-refractivity contribution in [3.8, 4) is 6.07 Å². The third kappa shape index (κ3) is 1.28. The highest BCUT2D eigenvalue weighted by Gasteiger charge is 2.29. The second-order valence-corrected chi connectivity index (χ2v) is 4.48. The summed E-state index contributed by atoms with van der Waals surface area (Å²) in [7, 11) is 0. The predicted molar refractivity (Wildman–Crippen MR) is 50.1 cm³/mol. The van der Waals surface area contributed by atoms with Gasteiger partial charge in [0.1, 0.15) is 0 Å². The number of nitriles is 1. The first-order valence-corrected chi connectivity index (χ1v) is 4.90. The summed E-state index contributed by atoms with van der Waals surface area (Å²) in [5.74, 6) is 0.532. The van der Waals surface area contributed by atoms with E-state index in [-0.39, 0.29) is 5.37 Å². The molecule has 1 aliphatic carbocycles. The highest BCUT2D eigenvalue weighted by Crippen LogP contribution is 2.44. The smallest absolute Gasteiger partial charge is 0.0947 e. The van der Waals surface area contributed by atoms with Crippen LogP contribution in [0.15, 0.2) is 22.6 Å². The van der Waals surface area contributed by atoms with E-state index >= 15 is 0 Å². The lowest BCUT2D eigenvalue weighted by Gasteiger charge is -2.12. The molecule has 1 fully saturated rings. The van der Waals surface area contributed by atoms with Crippen molar-refractivity contribution >= 4 is 11.8 Å². The minimum atomic E-state index is 0.243. The fourth-order valence-corrected chi connectivity index (χ4v) is 2.87. The minimum Gasteiger partial charge on any atom is -0.319 e. The average Bonchev–Trinajstić information content (AvgIpc) is 2.43. The van der Waals surface area contributed by atoms with Gasteiger partial charge in [-0.3, -0.25) is 0 Å². The zero-order valence-electron chi connectivity index (χ0n) is 6.66. The fraction of sp³-hybridized carbons (Fsp3) is 0.444. The van der Waals surface area contributed by atoms with Crippen LogP contribution in [0.2, 0.25) is 0 Å². The molecule has 2 nitrogen and oxygen atoms in total. The first kappa shape index (κ1) is 7.90. The van der Waals surface area contributed by atoms with Crippen molar-refractivity contribution in [1.82, 2.24) is 0 Å². The zero-order chi connectivity index (χ0) is 8.55.